The fraction of sp³-hybridized carbons (Fsp3) is 0.364. The SMILES string of the molecule is COc1ccc(CNC(=O)c2cc3c(=O)n(CC(C)C)ccc3n2C)c(OC)c1. The van der Waals surface area contributed by atoms with E-state index >= 15 is 0 Å². The second-order valence-electron chi connectivity index (χ2n) is 7.42. The molecule has 7 nitrogen and oxygen atoms in total. The van der Waals surface area contributed by atoms with Crippen LogP contribution in [0, 0.1) is 5.92 Å². The molecule has 0 atom stereocenters. The first kappa shape index (κ1) is 20.5. The van der Waals surface area contributed by atoms with Gasteiger partial charge in [0, 0.05) is 38.0 Å². The monoisotopic (exact) mass is 397 g/mol. The van der Waals surface area contributed by atoms with Gasteiger partial charge in [-0.1, -0.05) is 13.8 Å². The summed E-state index contributed by atoms with van der Waals surface area (Å²) in [5, 5.41) is 3.45. The summed E-state index contributed by atoms with van der Waals surface area (Å²) in [5.41, 5.74) is 1.93. The second kappa shape index (κ2) is 8.43. The van der Waals surface area contributed by atoms with Crippen LogP contribution in [-0.2, 0) is 20.1 Å². The Morgan fingerprint density at radius 2 is 1.90 bits per heavy atom. The summed E-state index contributed by atoms with van der Waals surface area (Å²) in [6, 6.07) is 8.98. The maximum atomic E-state index is 12.8. The van der Waals surface area contributed by atoms with Crippen LogP contribution in [0.2, 0.25) is 0 Å². The summed E-state index contributed by atoms with van der Waals surface area (Å²) in [7, 11) is 4.95. The number of aryl methyl sites for hydroxylation is 1. The van der Waals surface area contributed by atoms with Crippen LogP contribution in [0.1, 0.15) is 29.9 Å². The van der Waals surface area contributed by atoms with Crippen LogP contribution in [0.25, 0.3) is 10.9 Å². The van der Waals surface area contributed by atoms with E-state index in [-0.39, 0.29) is 11.5 Å². The van der Waals surface area contributed by atoms with Crippen LogP contribution in [0.5, 0.6) is 11.5 Å². The van der Waals surface area contributed by atoms with E-state index in [1.165, 1.54) is 0 Å². The molecule has 1 amide bonds. The number of hydrogen-bond donors (Lipinski definition) is 1. The molecule has 2 heterocycles. The van der Waals surface area contributed by atoms with E-state index < -0.39 is 0 Å². The van der Waals surface area contributed by atoms with E-state index in [1.807, 2.05) is 18.2 Å². The number of nitrogens with zero attached hydrogens (tertiary/aromatic N) is 2. The fourth-order valence-corrected chi connectivity index (χ4v) is 3.39. The topological polar surface area (TPSA) is 74.5 Å². The van der Waals surface area contributed by atoms with Crippen molar-refractivity contribution < 1.29 is 14.3 Å². The Balaban J connectivity index is 1.85. The number of pyridine rings is 1. The molecule has 2 aromatic heterocycles. The summed E-state index contributed by atoms with van der Waals surface area (Å²) in [4.78, 5) is 25.6. The van der Waals surface area contributed by atoms with Crippen LogP contribution in [-0.4, -0.2) is 29.3 Å². The first-order valence-electron chi connectivity index (χ1n) is 9.53. The summed E-state index contributed by atoms with van der Waals surface area (Å²) in [6.07, 6.45) is 1.79. The number of methoxy groups -OCH3 is 2. The van der Waals surface area contributed by atoms with Gasteiger partial charge >= 0.3 is 0 Å². The first-order chi connectivity index (χ1) is 13.8. The standard InChI is InChI=1S/C22H27N3O4/c1-14(2)13-25-9-8-18-17(22(25)27)11-19(24(18)3)21(26)23-12-15-6-7-16(28-4)10-20(15)29-5/h6-11,14H,12-13H2,1-5H3,(H,23,26). The minimum absolute atomic E-state index is 0.0809. The van der Waals surface area contributed by atoms with Crippen molar-refractivity contribution in [3.8, 4) is 11.5 Å². The lowest BCUT2D eigenvalue weighted by molar-refractivity contribution is 0.0943. The molecule has 3 rings (SSSR count). The number of amides is 1. The van der Waals surface area contributed by atoms with Crippen molar-refractivity contribution in [3.05, 3.63) is 58.1 Å². The number of carbonyl (C=O) groups excluding carboxylic acids is 1. The Morgan fingerprint density at radius 3 is 2.55 bits per heavy atom. The van der Waals surface area contributed by atoms with Crippen molar-refractivity contribution in [1.29, 1.82) is 0 Å². The van der Waals surface area contributed by atoms with Crippen molar-refractivity contribution in [2.45, 2.75) is 26.9 Å². The summed E-state index contributed by atoms with van der Waals surface area (Å²) < 4.78 is 14.0. The highest BCUT2D eigenvalue weighted by Gasteiger charge is 2.17. The number of nitrogens with one attached hydrogen (secondary N) is 1. The zero-order valence-corrected chi connectivity index (χ0v) is 17.5. The Kier molecular flexibility index (Phi) is 5.96. The van der Waals surface area contributed by atoms with E-state index in [9.17, 15) is 9.59 Å². The molecule has 1 N–H and O–H groups in total. The van der Waals surface area contributed by atoms with Gasteiger partial charge in [-0.3, -0.25) is 9.59 Å². The van der Waals surface area contributed by atoms with Crippen LogP contribution in [0.3, 0.4) is 0 Å². The molecule has 0 unspecified atom stereocenters. The van der Waals surface area contributed by atoms with Crippen LogP contribution >= 0.6 is 0 Å². The molecule has 0 aliphatic heterocycles. The minimum Gasteiger partial charge on any atom is -0.497 e. The lowest BCUT2D eigenvalue weighted by atomic mass is 10.2. The normalized spacial score (nSPS) is 11.1. The molecule has 0 aliphatic carbocycles. The fourth-order valence-electron chi connectivity index (χ4n) is 3.39. The van der Waals surface area contributed by atoms with Gasteiger partial charge in [0.25, 0.3) is 11.5 Å². The maximum Gasteiger partial charge on any atom is 0.268 e. The average molecular weight is 397 g/mol. The Labute approximate surface area is 169 Å². The van der Waals surface area contributed by atoms with Gasteiger partial charge in [0.05, 0.1) is 25.1 Å². The van der Waals surface area contributed by atoms with E-state index in [0.717, 1.165) is 11.1 Å². The van der Waals surface area contributed by atoms with Crippen molar-refractivity contribution in [2.75, 3.05) is 14.2 Å². The number of rotatable bonds is 7. The quantitative estimate of drug-likeness (QED) is 0.665. The summed E-state index contributed by atoms with van der Waals surface area (Å²) >= 11 is 0. The number of aromatic nitrogens is 2. The highest BCUT2D eigenvalue weighted by molar-refractivity contribution is 5.98. The molecule has 0 aliphatic rings. The molecule has 0 fully saturated rings. The number of benzene rings is 1. The van der Waals surface area contributed by atoms with E-state index in [0.29, 0.717) is 41.6 Å². The largest absolute Gasteiger partial charge is 0.497 e. The molecule has 0 bridgehead atoms. The highest BCUT2D eigenvalue weighted by atomic mass is 16.5. The zero-order valence-electron chi connectivity index (χ0n) is 17.5. The smallest absolute Gasteiger partial charge is 0.268 e. The molecular formula is C22H27N3O4. The van der Waals surface area contributed by atoms with Gasteiger partial charge in [-0.25, -0.2) is 0 Å². The Bertz CT molecular complexity index is 1100. The molecule has 0 saturated carbocycles. The Morgan fingerprint density at radius 1 is 1.14 bits per heavy atom. The molecule has 1 aromatic carbocycles. The predicted octanol–water partition coefficient (Wildman–Crippen LogP) is 2.94. The molecule has 0 radical (unpaired) electrons. The third-order valence-electron chi connectivity index (χ3n) is 4.91. The average Bonchev–Trinajstić information content (AvgIpc) is 3.05. The molecule has 0 saturated heterocycles. The van der Waals surface area contributed by atoms with Gasteiger partial charge in [0.1, 0.15) is 17.2 Å². The molecule has 3 aromatic rings. The molecule has 0 spiro atoms. The van der Waals surface area contributed by atoms with Gasteiger partial charge < -0.3 is 23.9 Å². The van der Waals surface area contributed by atoms with Crippen molar-refractivity contribution in [1.82, 2.24) is 14.5 Å². The van der Waals surface area contributed by atoms with E-state index in [2.05, 4.69) is 19.2 Å². The third kappa shape index (κ3) is 4.13. The molecular weight excluding hydrogens is 370 g/mol. The maximum absolute atomic E-state index is 12.8. The van der Waals surface area contributed by atoms with Crippen LogP contribution in [0.15, 0.2) is 41.3 Å². The number of fused-ring (bicyclic) bond motifs is 1. The van der Waals surface area contributed by atoms with Gasteiger partial charge in [0.2, 0.25) is 0 Å². The van der Waals surface area contributed by atoms with E-state index in [1.54, 1.807) is 48.7 Å². The summed E-state index contributed by atoms with van der Waals surface area (Å²) in [5.74, 6) is 1.43. The molecule has 7 heteroatoms. The van der Waals surface area contributed by atoms with Crippen molar-refractivity contribution >= 4 is 16.8 Å². The van der Waals surface area contributed by atoms with Crippen molar-refractivity contribution in [2.24, 2.45) is 13.0 Å². The zero-order chi connectivity index (χ0) is 21.1. The predicted molar refractivity (Wildman–Crippen MR) is 113 cm³/mol. The van der Waals surface area contributed by atoms with Gasteiger partial charge in [0.15, 0.2) is 0 Å². The lowest BCUT2D eigenvalue weighted by Gasteiger charge is -2.11. The number of carbonyl (C=O) groups is 1. The molecule has 154 valence electrons. The lowest BCUT2D eigenvalue weighted by Crippen LogP contribution is -2.25. The van der Waals surface area contributed by atoms with Crippen LogP contribution in [0.4, 0.5) is 0 Å². The van der Waals surface area contributed by atoms with Crippen molar-refractivity contribution in [3.63, 3.8) is 0 Å². The number of hydrogen-bond acceptors (Lipinski definition) is 4. The van der Waals surface area contributed by atoms with E-state index in [4.69, 9.17) is 9.47 Å². The third-order valence-corrected chi connectivity index (χ3v) is 4.91. The highest BCUT2D eigenvalue weighted by Crippen LogP contribution is 2.24. The second-order valence-corrected chi connectivity index (χ2v) is 7.42. The number of ether oxygens (including phenoxy) is 2. The van der Waals surface area contributed by atoms with Crippen LogP contribution < -0.4 is 20.3 Å². The summed E-state index contributed by atoms with van der Waals surface area (Å²) in [6.45, 7) is 5.06. The van der Waals surface area contributed by atoms with Gasteiger partial charge in [-0.05, 0) is 30.2 Å². The minimum atomic E-state index is -0.253. The molecule has 29 heavy (non-hydrogen) atoms. The van der Waals surface area contributed by atoms with Gasteiger partial charge in [-0.15, -0.1) is 0 Å². The first-order valence-corrected chi connectivity index (χ1v) is 9.53. The Hall–Kier alpha value is -3.22. The van der Waals surface area contributed by atoms with Gasteiger partial charge in [-0.2, -0.15) is 0 Å².